The number of thiazole rings is 1. The molecule has 1 heterocycles. The van der Waals surface area contributed by atoms with Crippen LogP contribution in [0, 0.1) is 11.3 Å². The molecule has 7 nitrogen and oxygen atoms in total. The molecule has 0 unspecified atom stereocenters. The maximum Gasteiger partial charge on any atom is 0.259 e. The molecule has 0 fully saturated rings. The largest absolute Gasteiger partial charge is 0.385 e. The van der Waals surface area contributed by atoms with Gasteiger partial charge in [-0.25, -0.2) is 14.3 Å². The Hall–Kier alpha value is -2.12. The highest BCUT2D eigenvalue weighted by Gasteiger charge is 2.24. The van der Waals surface area contributed by atoms with Crippen LogP contribution >= 0.6 is 11.3 Å². The zero-order valence-electron chi connectivity index (χ0n) is 18.1. The summed E-state index contributed by atoms with van der Waals surface area (Å²) in [5.74, 6) is -0.431. The summed E-state index contributed by atoms with van der Waals surface area (Å²) in [4.78, 5) is 17.2. The predicted molar refractivity (Wildman–Crippen MR) is 118 cm³/mol. The van der Waals surface area contributed by atoms with Crippen molar-refractivity contribution in [2.45, 2.75) is 69.7 Å². The minimum atomic E-state index is -3.53. The van der Waals surface area contributed by atoms with E-state index in [4.69, 9.17) is 5.14 Å². The van der Waals surface area contributed by atoms with Crippen molar-refractivity contribution in [3.05, 3.63) is 45.5 Å². The summed E-state index contributed by atoms with van der Waals surface area (Å²) in [6.07, 6.45) is 1.32. The highest BCUT2D eigenvalue weighted by molar-refractivity contribution is 7.93. The van der Waals surface area contributed by atoms with Crippen molar-refractivity contribution in [3.63, 3.8) is 0 Å². The van der Waals surface area contributed by atoms with Crippen LogP contribution in [0.25, 0.3) is 0 Å². The average molecular weight is 449 g/mol. The monoisotopic (exact) mass is 448 g/mol. The number of benzene rings is 1. The van der Waals surface area contributed by atoms with Crippen molar-refractivity contribution in [2.24, 2.45) is 9.50 Å². The van der Waals surface area contributed by atoms with Gasteiger partial charge in [0, 0.05) is 6.20 Å². The van der Waals surface area contributed by atoms with E-state index in [2.05, 4.69) is 15.4 Å². The highest BCUT2D eigenvalue weighted by Crippen LogP contribution is 2.31. The van der Waals surface area contributed by atoms with Crippen molar-refractivity contribution < 1.29 is 14.1 Å². The Labute approximate surface area is 182 Å². The van der Waals surface area contributed by atoms with E-state index in [0.717, 1.165) is 28.0 Å². The Morgan fingerprint density at radius 3 is 2.23 bits per heavy atom. The molecule has 0 saturated carbocycles. The summed E-state index contributed by atoms with van der Waals surface area (Å²) in [6.45, 7) is 11.1. The van der Waals surface area contributed by atoms with Crippen LogP contribution in [-0.4, -0.2) is 20.2 Å². The molecule has 0 aliphatic heterocycles. The molecule has 1 aromatic carbocycles. The number of nitrogens with two attached hydrogens (primary N) is 1. The summed E-state index contributed by atoms with van der Waals surface area (Å²) in [5, 5.41) is 25.3. The van der Waals surface area contributed by atoms with E-state index in [0.29, 0.717) is 10.4 Å². The molecule has 0 spiro atoms. The van der Waals surface area contributed by atoms with Gasteiger partial charge in [0.05, 0.1) is 28.5 Å². The molecule has 0 radical (unpaired) electrons. The summed E-state index contributed by atoms with van der Waals surface area (Å²) in [6, 6.07) is 5.74. The van der Waals surface area contributed by atoms with Gasteiger partial charge in [-0.05, 0) is 54.5 Å². The maximum atomic E-state index is 12.9. The Bertz CT molecular complexity index is 1080. The lowest BCUT2D eigenvalue weighted by atomic mass is 9.85. The molecule has 2 rings (SSSR count). The first-order valence-electron chi connectivity index (χ1n) is 9.59. The van der Waals surface area contributed by atoms with Crippen molar-refractivity contribution >= 4 is 27.2 Å². The van der Waals surface area contributed by atoms with E-state index in [-0.39, 0.29) is 22.6 Å². The quantitative estimate of drug-likeness (QED) is 0.691. The summed E-state index contributed by atoms with van der Waals surface area (Å²) in [7, 11) is -3.53. The van der Waals surface area contributed by atoms with Gasteiger partial charge < -0.3 is 5.11 Å². The molecule has 2 aromatic rings. The third kappa shape index (κ3) is 5.52. The highest BCUT2D eigenvalue weighted by atomic mass is 32.2. The number of amides is 1. The van der Waals surface area contributed by atoms with Crippen LogP contribution < -0.4 is 5.14 Å². The number of aromatic nitrogens is 1. The van der Waals surface area contributed by atoms with Gasteiger partial charge in [-0.2, -0.15) is 5.26 Å². The zero-order chi connectivity index (χ0) is 22.9. The van der Waals surface area contributed by atoms with Crippen molar-refractivity contribution in [2.75, 3.05) is 0 Å². The molecule has 0 bridgehead atoms. The molecule has 0 saturated heterocycles. The first-order chi connectivity index (χ1) is 13.8. The van der Waals surface area contributed by atoms with E-state index in [1.807, 2.05) is 27.7 Å². The Morgan fingerprint density at radius 2 is 1.83 bits per heavy atom. The summed E-state index contributed by atoms with van der Waals surface area (Å²) in [5.41, 5.74) is 1.96. The zero-order valence-corrected chi connectivity index (χ0v) is 19.7. The maximum absolute atomic E-state index is 12.9. The number of nitriles is 1. The second kappa shape index (κ2) is 8.94. The first kappa shape index (κ1) is 24.2. The van der Waals surface area contributed by atoms with Crippen LogP contribution in [-0.2, 0) is 26.7 Å². The molecule has 9 heteroatoms. The van der Waals surface area contributed by atoms with Crippen LogP contribution in [0.5, 0.6) is 0 Å². The third-order valence-electron chi connectivity index (χ3n) is 4.60. The van der Waals surface area contributed by atoms with Gasteiger partial charge in [-0.3, -0.25) is 4.79 Å². The Kier molecular flexibility index (Phi) is 7.20. The minimum absolute atomic E-state index is 0.000898. The fraction of sp³-hybridized carbons (Fsp3) is 0.476. The fourth-order valence-electron chi connectivity index (χ4n) is 3.07. The number of rotatable bonds is 6. The summed E-state index contributed by atoms with van der Waals surface area (Å²) >= 11 is 0.972. The van der Waals surface area contributed by atoms with Gasteiger partial charge >= 0.3 is 0 Å². The standard InChI is InChI=1S/C21H28N4O3S2/c1-12(2)15-7-14(10-22)8-16(13(3)4)17(15)9-19(26)25-30(23,28)20-24-11-18(29-20)21(5,6)27/h7-8,11-13,27H,9H2,1-6H3,(H2,23,25,26,28)/t30-/m1/s1. The Morgan fingerprint density at radius 1 is 1.30 bits per heavy atom. The average Bonchev–Trinajstić information content (AvgIpc) is 3.12. The van der Waals surface area contributed by atoms with Gasteiger partial charge in [0.2, 0.25) is 4.34 Å². The molecule has 0 aliphatic rings. The minimum Gasteiger partial charge on any atom is -0.385 e. The lowest BCUT2D eigenvalue weighted by Gasteiger charge is -2.19. The lowest BCUT2D eigenvalue weighted by molar-refractivity contribution is -0.117. The number of aliphatic hydroxyl groups is 1. The second-order valence-electron chi connectivity index (χ2n) is 8.33. The van der Waals surface area contributed by atoms with Gasteiger partial charge in [-0.1, -0.05) is 27.7 Å². The van der Waals surface area contributed by atoms with Gasteiger partial charge in [0.25, 0.3) is 5.91 Å². The van der Waals surface area contributed by atoms with E-state index in [1.54, 1.807) is 26.0 Å². The van der Waals surface area contributed by atoms with E-state index >= 15 is 0 Å². The SMILES string of the molecule is CC(C)c1cc(C#N)cc(C(C)C)c1CC(=O)N=[S@@](N)(=O)c1ncc(C(C)(C)O)s1. The van der Waals surface area contributed by atoms with E-state index < -0.39 is 21.4 Å². The third-order valence-corrected chi connectivity index (χ3v) is 7.75. The van der Waals surface area contributed by atoms with Crippen molar-refractivity contribution in [1.82, 2.24) is 4.98 Å². The second-order valence-corrected chi connectivity index (χ2v) is 11.3. The van der Waals surface area contributed by atoms with E-state index in [1.165, 1.54) is 6.20 Å². The van der Waals surface area contributed by atoms with Crippen LogP contribution in [0.4, 0.5) is 0 Å². The Balaban J connectivity index is 2.48. The van der Waals surface area contributed by atoms with Crippen molar-refractivity contribution in [1.29, 1.82) is 5.26 Å². The number of hydrogen-bond acceptors (Lipinski definition) is 6. The van der Waals surface area contributed by atoms with E-state index in [9.17, 15) is 19.4 Å². The summed E-state index contributed by atoms with van der Waals surface area (Å²) < 4.78 is 16.7. The van der Waals surface area contributed by atoms with Crippen LogP contribution in [0.1, 0.15) is 80.5 Å². The molecule has 1 amide bonds. The fourth-order valence-corrected chi connectivity index (χ4v) is 5.22. The number of carbonyl (C=O) groups excluding carboxylic acids is 1. The molecule has 1 aromatic heterocycles. The molecule has 0 aliphatic carbocycles. The normalized spacial score (nSPS) is 13.9. The van der Waals surface area contributed by atoms with Crippen LogP contribution in [0.15, 0.2) is 27.0 Å². The molecular formula is C21H28N4O3S2. The van der Waals surface area contributed by atoms with Crippen molar-refractivity contribution in [3.8, 4) is 6.07 Å². The van der Waals surface area contributed by atoms with Crippen LogP contribution in [0.2, 0.25) is 0 Å². The molecule has 162 valence electrons. The van der Waals surface area contributed by atoms with Gasteiger partial charge in [0.15, 0.2) is 9.92 Å². The topological polar surface area (TPSA) is 129 Å². The number of hydrogen-bond donors (Lipinski definition) is 2. The number of nitrogens with zero attached hydrogens (tertiary/aromatic N) is 3. The predicted octanol–water partition coefficient (Wildman–Crippen LogP) is 3.96. The molecule has 30 heavy (non-hydrogen) atoms. The lowest BCUT2D eigenvalue weighted by Crippen LogP contribution is -2.17. The van der Waals surface area contributed by atoms with Gasteiger partial charge in [-0.15, -0.1) is 15.7 Å². The molecule has 1 atom stereocenters. The molecular weight excluding hydrogens is 420 g/mol. The number of carbonyl (C=O) groups is 1. The van der Waals surface area contributed by atoms with Gasteiger partial charge in [0.1, 0.15) is 0 Å². The first-order valence-corrected chi connectivity index (χ1v) is 12.0. The van der Waals surface area contributed by atoms with Crippen LogP contribution in [0.3, 0.4) is 0 Å². The smallest absolute Gasteiger partial charge is 0.259 e. The molecule has 3 N–H and O–H groups in total.